The summed E-state index contributed by atoms with van der Waals surface area (Å²) in [6.07, 6.45) is 0. The molecule has 0 aromatic rings. The lowest BCUT2D eigenvalue weighted by Gasteiger charge is -1.71. The second kappa shape index (κ2) is 9.24. The first kappa shape index (κ1) is 9.91. The fourth-order valence-electron chi connectivity index (χ4n) is 0. The molecule has 0 amide bonds. The summed E-state index contributed by atoms with van der Waals surface area (Å²) < 4.78 is 0. The van der Waals surface area contributed by atoms with Gasteiger partial charge < -0.3 is 10.8 Å². The third-order valence-corrected chi connectivity index (χ3v) is 0.406. The van der Waals surface area contributed by atoms with E-state index >= 15 is 0 Å². The van der Waals surface area contributed by atoms with Crippen LogP contribution >= 0.6 is 12.6 Å². The Morgan fingerprint density at radius 1 is 1.86 bits per heavy atom. The van der Waals surface area contributed by atoms with Gasteiger partial charge in [-0.1, -0.05) is 0 Å². The second-order valence-corrected chi connectivity index (χ2v) is 0.868. The highest BCUT2D eigenvalue weighted by Crippen LogP contribution is 1.66. The van der Waals surface area contributed by atoms with Gasteiger partial charge >= 0.3 is 5.97 Å². The average Bonchev–Trinajstić information content (AvgIpc) is 1.73. The molecule has 0 aromatic heterocycles. The van der Waals surface area contributed by atoms with Gasteiger partial charge in [-0.2, -0.15) is 12.6 Å². The Morgan fingerprint density at radius 2 is 2.00 bits per heavy atom. The van der Waals surface area contributed by atoms with Crippen LogP contribution in [0.25, 0.3) is 0 Å². The fourth-order valence-corrected chi connectivity index (χ4v) is 0. The number of hydrogen-bond acceptors (Lipinski definition) is 3. The van der Waals surface area contributed by atoms with Crippen LogP contribution in [0.1, 0.15) is 0 Å². The highest BCUT2D eigenvalue weighted by Gasteiger charge is 1.81. The maximum atomic E-state index is 9.29. The van der Waals surface area contributed by atoms with E-state index in [1.165, 1.54) is 7.05 Å². The van der Waals surface area contributed by atoms with Crippen LogP contribution in [0, 0.1) is 0 Å². The van der Waals surface area contributed by atoms with Gasteiger partial charge in [0.05, 0.1) is 5.75 Å². The summed E-state index contributed by atoms with van der Waals surface area (Å²) >= 11 is 3.42. The van der Waals surface area contributed by atoms with Crippen LogP contribution in [-0.4, -0.2) is 23.9 Å². The van der Waals surface area contributed by atoms with Gasteiger partial charge in [0.25, 0.3) is 0 Å². The van der Waals surface area contributed by atoms with E-state index in [1.54, 1.807) is 0 Å². The highest BCUT2D eigenvalue weighted by atomic mass is 32.1. The smallest absolute Gasteiger partial charge is 0.313 e. The molecule has 0 aliphatic carbocycles. The average molecular weight is 123 g/mol. The number of carboxylic acid groups (broad SMARTS) is 1. The number of aliphatic carboxylic acids is 1. The molecule has 7 heavy (non-hydrogen) atoms. The monoisotopic (exact) mass is 123 g/mol. The van der Waals surface area contributed by atoms with Crippen LogP contribution < -0.4 is 5.73 Å². The Kier molecular flexibility index (Phi) is 13.1. The topological polar surface area (TPSA) is 63.3 Å². The first-order valence-corrected chi connectivity index (χ1v) is 2.31. The minimum absolute atomic E-state index is 0.0833. The molecule has 0 aliphatic rings. The molecule has 0 radical (unpaired) electrons. The van der Waals surface area contributed by atoms with Crippen LogP contribution in [0.15, 0.2) is 0 Å². The zero-order valence-electron chi connectivity index (χ0n) is 4.09. The number of rotatable bonds is 1. The molecule has 0 saturated carbocycles. The number of carbonyl (C=O) groups is 1. The molecular weight excluding hydrogens is 114 g/mol. The van der Waals surface area contributed by atoms with Crippen molar-refractivity contribution in [1.29, 1.82) is 0 Å². The van der Waals surface area contributed by atoms with Gasteiger partial charge in [0.15, 0.2) is 0 Å². The van der Waals surface area contributed by atoms with Crippen molar-refractivity contribution in [3.8, 4) is 0 Å². The van der Waals surface area contributed by atoms with Crippen LogP contribution in [0.3, 0.4) is 0 Å². The molecule has 0 rings (SSSR count). The van der Waals surface area contributed by atoms with Gasteiger partial charge in [0.1, 0.15) is 0 Å². The molecule has 3 nitrogen and oxygen atoms in total. The van der Waals surface area contributed by atoms with E-state index < -0.39 is 5.97 Å². The zero-order chi connectivity index (χ0) is 6.28. The number of carboxylic acids is 1. The maximum Gasteiger partial charge on any atom is 0.313 e. The van der Waals surface area contributed by atoms with E-state index in [2.05, 4.69) is 18.4 Å². The summed E-state index contributed by atoms with van der Waals surface area (Å²) in [7, 11) is 1.50. The normalized spacial score (nSPS) is 6.14. The van der Waals surface area contributed by atoms with Crippen LogP contribution in [0.2, 0.25) is 0 Å². The van der Waals surface area contributed by atoms with Gasteiger partial charge in [-0.05, 0) is 7.05 Å². The van der Waals surface area contributed by atoms with Gasteiger partial charge in [-0.15, -0.1) is 0 Å². The third kappa shape index (κ3) is 26.1. The lowest BCUT2D eigenvalue weighted by molar-refractivity contribution is -0.133. The van der Waals surface area contributed by atoms with Crippen molar-refractivity contribution in [3.63, 3.8) is 0 Å². The number of hydrogen-bond donors (Lipinski definition) is 3. The lowest BCUT2D eigenvalue weighted by atomic mass is 10.8. The van der Waals surface area contributed by atoms with Crippen LogP contribution in [0.5, 0.6) is 0 Å². The van der Waals surface area contributed by atoms with Crippen molar-refractivity contribution in [2.24, 2.45) is 5.73 Å². The van der Waals surface area contributed by atoms with E-state index in [0.29, 0.717) is 0 Å². The molecule has 0 aromatic carbocycles. The number of nitrogens with two attached hydrogens (primary N) is 1. The quantitative estimate of drug-likeness (QED) is 0.415. The Hall–Kier alpha value is -0.220. The molecule has 3 N–H and O–H groups in total. The Balaban J connectivity index is 0. The molecular formula is C3H9NO2S. The Bertz CT molecular complexity index is 48.2. The fraction of sp³-hybridized carbons (Fsp3) is 0.667. The van der Waals surface area contributed by atoms with Gasteiger partial charge in [-0.3, -0.25) is 4.79 Å². The predicted molar refractivity (Wildman–Crippen MR) is 31.6 cm³/mol. The highest BCUT2D eigenvalue weighted by molar-refractivity contribution is 7.81. The van der Waals surface area contributed by atoms with E-state index in [9.17, 15) is 4.79 Å². The van der Waals surface area contributed by atoms with Gasteiger partial charge in [-0.25, -0.2) is 0 Å². The molecule has 0 atom stereocenters. The van der Waals surface area contributed by atoms with Crippen molar-refractivity contribution in [2.45, 2.75) is 0 Å². The summed E-state index contributed by atoms with van der Waals surface area (Å²) in [5, 5.41) is 7.65. The molecule has 44 valence electrons. The largest absolute Gasteiger partial charge is 0.481 e. The summed E-state index contributed by atoms with van der Waals surface area (Å²) in [5.74, 6) is -0.965. The molecule has 0 fully saturated rings. The summed E-state index contributed by atoms with van der Waals surface area (Å²) in [4.78, 5) is 9.29. The lowest BCUT2D eigenvalue weighted by Crippen LogP contribution is -1.92. The summed E-state index contributed by atoms with van der Waals surface area (Å²) in [5.41, 5.74) is 4.50. The van der Waals surface area contributed by atoms with E-state index in [1.807, 2.05) is 0 Å². The first-order chi connectivity index (χ1) is 3.27. The third-order valence-electron chi connectivity index (χ3n) is 0.135. The molecule has 0 heterocycles. The second-order valence-electron chi connectivity index (χ2n) is 0.552. The molecule has 0 saturated heterocycles. The maximum absolute atomic E-state index is 9.29. The van der Waals surface area contributed by atoms with Crippen molar-refractivity contribution < 1.29 is 9.90 Å². The number of thiol groups is 1. The Morgan fingerprint density at radius 3 is 2.00 bits per heavy atom. The van der Waals surface area contributed by atoms with E-state index in [-0.39, 0.29) is 5.75 Å². The van der Waals surface area contributed by atoms with E-state index in [4.69, 9.17) is 5.11 Å². The summed E-state index contributed by atoms with van der Waals surface area (Å²) in [6, 6.07) is 0. The van der Waals surface area contributed by atoms with Crippen molar-refractivity contribution >= 4 is 18.6 Å². The van der Waals surface area contributed by atoms with Crippen molar-refractivity contribution in [2.75, 3.05) is 12.8 Å². The zero-order valence-corrected chi connectivity index (χ0v) is 4.98. The minimum atomic E-state index is -0.881. The molecule has 0 spiro atoms. The van der Waals surface area contributed by atoms with Crippen molar-refractivity contribution in [1.82, 2.24) is 0 Å². The van der Waals surface area contributed by atoms with Gasteiger partial charge in [0.2, 0.25) is 0 Å². The van der Waals surface area contributed by atoms with Crippen molar-refractivity contribution in [3.05, 3.63) is 0 Å². The molecule has 4 heteroatoms. The predicted octanol–water partition coefficient (Wildman–Crippen LogP) is -0.424. The van der Waals surface area contributed by atoms with Gasteiger partial charge in [0, 0.05) is 0 Å². The minimum Gasteiger partial charge on any atom is -0.481 e. The molecule has 0 bridgehead atoms. The molecule has 0 unspecified atom stereocenters. The molecule has 0 aliphatic heterocycles. The standard InChI is InChI=1S/C2H4O2S.CH5N/c3-2(4)1-5;1-2/h5H,1H2,(H,3,4);2H2,1H3. The van der Waals surface area contributed by atoms with Crippen LogP contribution in [0.4, 0.5) is 0 Å². The first-order valence-electron chi connectivity index (χ1n) is 1.67. The Labute approximate surface area is 47.9 Å². The summed E-state index contributed by atoms with van der Waals surface area (Å²) in [6.45, 7) is 0. The van der Waals surface area contributed by atoms with Crippen LogP contribution in [-0.2, 0) is 4.79 Å². The van der Waals surface area contributed by atoms with E-state index in [0.717, 1.165) is 0 Å². The SMILES string of the molecule is CN.O=C(O)CS.